The Morgan fingerprint density at radius 3 is 2.57 bits per heavy atom. The first-order valence-corrected chi connectivity index (χ1v) is 9.50. The summed E-state index contributed by atoms with van der Waals surface area (Å²) in [7, 11) is 0.451. The first-order valence-electron chi connectivity index (χ1n) is 7.14. The summed E-state index contributed by atoms with van der Waals surface area (Å²) in [5, 5.41) is 4.98. The molecule has 0 unspecified atom stereocenters. The number of hydrogen-bond acceptors (Lipinski definition) is 5. The van der Waals surface area contributed by atoms with E-state index in [-0.39, 0.29) is 5.54 Å². The maximum Gasteiger partial charge on any atom is 0.241 e. The number of sulfonamides is 1. The molecule has 0 fully saturated rings. The molecule has 2 N–H and O–H groups in total. The van der Waals surface area contributed by atoms with E-state index < -0.39 is 10.0 Å². The Bertz CT molecular complexity index is 536. The standard InChI is InChI=1S/C14H27N3O2S2/c1-6-7-15-9-12-8-13(10-20-12)21(18,19)16-11-14(2,3)17(4)5/h8,10,15-16H,6-7,9,11H2,1-5H3. The van der Waals surface area contributed by atoms with E-state index in [1.807, 2.05) is 32.8 Å². The van der Waals surface area contributed by atoms with E-state index >= 15 is 0 Å². The van der Waals surface area contributed by atoms with Crippen molar-refractivity contribution in [2.75, 3.05) is 27.2 Å². The van der Waals surface area contributed by atoms with Crippen LogP contribution in [0.2, 0.25) is 0 Å². The van der Waals surface area contributed by atoms with Crippen molar-refractivity contribution in [2.24, 2.45) is 0 Å². The highest BCUT2D eigenvalue weighted by Gasteiger charge is 2.24. The number of likely N-dealkylation sites (N-methyl/N-ethyl adjacent to an activating group) is 1. The van der Waals surface area contributed by atoms with Gasteiger partial charge in [-0.15, -0.1) is 11.3 Å². The van der Waals surface area contributed by atoms with Crippen molar-refractivity contribution in [3.63, 3.8) is 0 Å². The third-order valence-corrected chi connectivity index (χ3v) is 6.04. The summed E-state index contributed by atoms with van der Waals surface area (Å²) < 4.78 is 27.3. The van der Waals surface area contributed by atoms with Crippen molar-refractivity contribution in [3.8, 4) is 0 Å². The minimum atomic E-state index is -3.43. The molecule has 0 saturated carbocycles. The topological polar surface area (TPSA) is 61.4 Å². The van der Waals surface area contributed by atoms with Crippen LogP contribution >= 0.6 is 11.3 Å². The molecule has 7 heteroatoms. The van der Waals surface area contributed by atoms with Crippen LogP contribution in [-0.2, 0) is 16.6 Å². The minimum Gasteiger partial charge on any atom is -0.312 e. The fourth-order valence-electron chi connectivity index (χ4n) is 1.50. The normalized spacial score (nSPS) is 13.0. The zero-order chi connectivity index (χ0) is 16.1. The summed E-state index contributed by atoms with van der Waals surface area (Å²) >= 11 is 1.47. The molecule has 0 radical (unpaired) electrons. The van der Waals surface area contributed by atoms with Gasteiger partial charge in [0.15, 0.2) is 0 Å². The van der Waals surface area contributed by atoms with Gasteiger partial charge in [0.2, 0.25) is 10.0 Å². The van der Waals surface area contributed by atoms with E-state index in [4.69, 9.17) is 0 Å². The highest BCUT2D eigenvalue weighted by molar-refractivity contribution is 7.89. The van der Waals surface area contributed by atoms with Gasteiger partial charge in [0.05, 0.1) is 4.90 Å². The Morgan fingerprint density at radius 2 is 2.00 bits per heavy atom. The number of rotatable bonds is 9. The molecule has 1 rings (SSSR count). The zero-order valence-corrected chi connectivity index (χ0v) is 15.2. The molecule has 1 heterocycles. The van der Waals surface area contributed by atoms with Gasteiger partial charge in [0.1, 0.15) is 0 Å². The van der Waals surface area contributed by atoms with E-state index in [1.165, 1.54) is 11.3 Å². The van der Waals surface area contributed by atoms with Crippen molar-refractivity contribution in [1.82, 2.24) is 14.9 Å². The summed E-state index contributed by atoms with van der Waals surface area (Å²) in [6.07, 6.45) is 1.07. The van der Waals surface area contributed by atoms with E-state index in [9.17, 15) is 8.42 Å². The third-order valence-electron chi connectivity index (χ3n) is 3.57. The molecule has 0 aromatic carbocycles. The second-order valence-electron chi connectivity index (χ2n) is 5.96. The molecule has 0 spiro atoms. The quantitative estimate of drug-likeness (QED) is 0.677. The van der Waals surface area contributed by atoms with Crippen molar-refractivity contribution < 1.29 is 8.42 Å². The molecule has 122 valence electrons. The van der Waals surface area contributed by atoms with Crippen LogP contribution in [0, 0.1) is 0 Å². The lowest BCUT2D eigenvalue weighted by atomic mass is 10.1. The number of nitrogens with one attached hydrogen (secondary N) is 2. The van der Waals surface area contributed by atoms with Crippen LogP contribution in [0.25, 0.3) is 0 Å². The van der Waals surface area contributed by atoms with Gasteiger partial charge in [0, 0.05) is 28.9 Å². The van der Waals surface area contributed by atoms with Crippen LogP contribution in [-0.4, -0.2) is 46.0 Å². The lowest BCUT2D eigenvalue weighted by Gasteiger charge is -2.32. The Morgan fingerprint density at radius 1 is 1.33 bits per heavy atom. The fraction of sp³-hybridized carbons (Fsp3) is 0.714. The van der Waals surface area contributed by atoms with Crippen molar-refractivity contribution >= 4 is 21.4 Å². The maximum absolute atomic E-state index is 12.3. The minimum absolute atomic E-state index is 0.228. The van der Waals surface area contributed by atoms with Crippen LogP contribution in [0.3, 0.4) is 0 Å². The monoisotopic (exact) mass is 333 g/mol. The van der Waals surface area contributed by atoms with Gasteiger partial charge in [-0.1, -0.05) is 6.92 Å². The molecule has 0 saturated heterocycles. The predicted molar refractivity (Wildman–Crippen MR) is 89.3 cm³/mol. The fourth-order valence-corrected chi connectivity index (χ4v) is 3.94. The summed E-state index contributed by atoms with van der Waals surface area (Å²) in [5.41, 5.74) is -0.228. The summed E-state index contributed by atoms with van der Waals surface area (Å²) in [4.78, 5) is 3.40. The van der Waals surface area contributed by atoms with E-state index in [2.05, 4.69) is 17.0 Å². The Kier molecular flexibility index (Phi) is 6.80. The lowest BCUT2D eigenvalue weighted by Crippen LogP contribution is -2.48. The Labute approximate surface area is 132 Å². The molecule has 0 atom stereocenters. The van der Waals surface area contributed by atoms with Gasteiger partial charge in [-0.3, -0.25) is 0 Å². The zero-order valence-electron chi connectivity index (χ0n) is 13.6. The number of nitrogens with zero attached hydrogens (tertiary/aromatic N) is 1. The molecule has 5 nitrogen and oxygen atoms in total. The first-order chi connectivity index (χ1) is 9.69. The highest BCUT2D eigenvalue weighted by atomic mass is 32.2. The SMILES string of the molecule is CCCNCc1cc(S(=O)(=O)NCC(C)(C)N(C)C)cs1. The first kappa shape index (κ1) is 18.6. The van der Waals surface area contributed by atoms with Gasteiger partial charge >= 0.3 is 0 Å². The lowest BCUT2D eigenvalue weighted by molar-refractivity contribution is 0.199. The predicted octanol–water partition coefficient (Wildman–Crippen LogP) is 1.87. The average Bonchev–Trinajstić information content (AvgIpc) is 2.86. The molecular weight excluding hydrogens is 306 g/mol. The molecule has 21 heavy (non-hydrogen) atoms. The van der Waals surface area contributed by atoms with Crippen molar-refractivity contribution in [2.45, 2.75) is 44.2 Å². The van der Waals surface area contributed by atoms with Gasteiger partial charge in [-0.2, -0.15) is 0 Å². The summed E-state index contributed by atoms with van der Waals surface area (Å²) in [6, 6.07) is 1.75. The van der Waals surface area contributed by atoms with Gasteiger partial charge in [0.25, 0.3) is 0 Å². The molecule has 1 aromatic rings. The number of hydrogen-bond donors (Lipinski definition) is 2. The second kappa shape index (κ2) is 7.69. The second-order valence-corrected chi connectivity index (χ2v) is 8.72. The van der Waals surface area contributed by atoms with Crippen LogP contribution in [0.1, 0.15) is 32.1 Å². The molecule has 0 aliphatic rings. The van der Waals surface area contributed by atoms with Crippen LogP contribution in [0.15, 0.2) is 16.3 Å². The van der Waals surface area contributed by atoms with E-state index in [0.717, 1.165) is 24.4 Å². The van der Waals surface area contributed by atoms with Gasteiger partial charge in [-0.05, 0) is 47.0 Å². The van der Waals surface area contributed by atoms with E-state index in [0.29, 0.717) is 11.4 Å². The largest absolute Gasteiger partial charge is 0.312 e. The number of thiophene rings is 1. The van der Waals surface area contributed by atoms with Gasteiger partial charge < -0.3 is 10.2 Å². The molecule has 0 aliphatic carbocycles. The summed E-state index contributed by atoms with van der Waals surface area (Å²) in [6.45, 7) is 8.15. The average molecular weight is 334 g/mol. The molecule has 0 bridgehead atoms. The van der Waals surface area contributed by atoms with Crippen molar-refractivity contribution in [3.05, 3.63) is 16.3 Å². The van der Waals surface area contributed by atoms with Crippen molar-refractivity contribution in [1.29, 1.82) is 0 Å². The molecule has 1 aromatic heterocycles. The molecular formula is C14H27N3O2S2. The van der Waals surface area contributed by atoms with Gasteiger partial charge in [-0.25, -0.2) is 13.1 Å². The van der Waals surface area contributed by atoms with Crippen LogP contribution in [0.5, 0.6) is 0 Å². The smallest absolute Gasteiger partial charge is 0.241 e. The maximum atomic E-state index is 12.3. The third kappa shape index (κ3) is 5.67. The van der Waals surface area contributed by atoms with Crippen LogP contribution in [0.4, 0.5) is 0 Å². The molecule has 0 amide bonds. The summed E-state index contributed by atoms with van der Waals surface area (Å²) in [5.74, 6) is 0. The van der Waals surface area contributed by atoms with E-state index in [1.54, 1.807) is 11.4 Å². The van der Waals surface area contributed by atoms with Crippen LogP contribution < -0.4 is 10.0 Å². The Hall–Kier alpha value is -0.470. The molecule has 0 aliphatic heterocycles. The Balaban J connectivity index is 2.66. The highest BCUT2D eigenvalue weighted by Crippen LogP contribution is 2.20.